The third-order valence-electron chi connectivity index (χ3n) is 8.72. The molecule has 2 aromatic heterocycles. The highest BCUT2D eigenvalue weighted by molar-refractivity contribution is 7.88. The maximum absolute atomic E-state index is 14.4. The molecule has 0 N–H and O–H groups in total. The van der Waals surface area contributed by atoms with Crippen molar-refractivity contribution >= 4 is 33.0 Å². The number of nitrogens with zero attached hydrogens (tertiary/aromatic N) is 9. The fraction of sp³-hybridized carbons (Fsp3) is 0.655. The molecule has 0 saturated carbocycles. The molecule has 0 aliphatic carbocycles. The van der Waals surface area contributed by atoms with Gasteiger partial charge in [0.15, 0.2) is 5.82 Å². The SMILES string of the molecule is COc1cccc2c1nc(C(F)F)n2-c1nc(N2CCOCC2)nc(N2CCC(N(CCCN3CCOCC3)S(C)(=O)=O)CC2)n1. The van der Waals surface area contributed by atoms with Crippen molar-refractivity contribution in [2.75, 3.05) is 102 Å². The van der Waals surface area contributed by atoms with Gasteiger partial charge in [0.1, 0.15) is 11.3 Å². The Morgan fingerprint density at radius 2 is 1.52 bits per heavy atom. The zero-order chi connectivity index (χ0) is 32.3. The van der Waals surface area contributed by atoms with Crippen molar-refractivity contribution in [3.8, 4) is 11.7 Å². The first-order valence-electron chi connectivity index (χ1n) is 15.7. The number of anilines is 2. The number of imidazole rings is 1. The highest BCUT2D eigenvalue weighted by Gasteiger charge is 2.32. The molecular weight excluding hydrogens is 624 g/mol. The minimum atomic E-state index is -3.43. The molecule has 0 radical (unpaired) electrons. The molecule has 3 aromatic rings. The van der Waals surface area contributed by atoms with Gasteiger partial charge in [-0.05, 0) is 37.9 Å². The molecular formula is C29H41F2N9O5S. The average Bonchev–Trinajstić information content (AvgIpc) is 3.48. The summed E-state index contributed by atoms with van der Waals surface area (Å²) in [5, 5.41) is 0. The minimum absolute atomic E-state index is 0.0283. The zero-order valence-electron chi connectivity index (χ0n) is 26.2. The quantitative estimate of drug-likeness (QED) is 0.297. The van der Waals surface area contributed by atoms with Gasteiger partial charge < -0.3 is 24.0 Å². The van der Waals surface area contributed by atoms with E-state index in [0.29, 0.717) is 95.2 Å². The molecule has 0 amide bonds. The van der Waals surface area contributed by atoms with Crippen LogP contribution in [-0.4, -0.2) is 140 Å². The van der Waals surface area contributed by atoms with E-state index in [9.17, 15) is 17.2 Å². The highest BCUT2D eigenvalue weighted by atomic mass is 32.2. The number of morpholine rings is 2. The summed E-state index contributed by atoms with van der Waals surface area (Å²) in [6.07, 6.45) is 0.262. The number of halogens is 2. The van der Waals surface area contributed by atoms with E-state index in [1.54, 1.807) is 22.5 Å². The van der Waals surface area contributed by atoms with E-state index in [0.717, 1.165) is 26.1 Å². The Balaban J connectivity index is 1.27. The minimum Gasteiger partial charge on any atom is -0.494 e. The first-order valence-corrected chi connectivity index (χ1v) is 17.5. The molecule has 0 spiro atoms. The van der Waals surface area contributed by atoms with Gasteiger partial charge in [-0.3, -0.25) is 9.47 Å². The summed E-state index contributed by atoms with van der Waals surface area (Å²) in [4.78, 5) is 24.6. The monoisotopic (exact) mass is 665 g/mol. The lowest BCUT2D eigenvalue weighted by molar-refractivity contribution is 0.0365. The maximum Gasteiger partial charge on any atom is 0.296 e. The third-order valence-corrected chi connectivity index (χ3v) is 10.1. The second-order valence-electron chi connectivity index (χ2n) is 11.7. The number of hydrogen-bond donors (Lipinski definition) is 0. The number of hydrogen-bond acceptors (Lipinski definition) is 12. The van der Waals surface area contributed by atoms with Crippen LogP contribution < -0.4 is 14.5 Å². The van der Waals surface area contributed by atoms with Crippen LogP contribution >= 0.6 is 0 Å². The van der Waals surface area contributed by atoms with Crippen LogP contribution in [0.15, 0.2) is 18.2 Å². The number of piperidine rings is 1. The molecule has 46 heavy (non-hydrogen) atoms. The predicted molar refractivity (Wildman–Crippen MR) is 168 cm³/mol. The number of fused-ring (bicyclic) bond motifs is 1. The number of aromatic nitrogens is 5. The van der Waals surface area contributed by atoms with Crippen LogP contribution in [0, 0.1) is 0 Å². The van der Waals surface area contributed by atoms with Crippen molar-refractivity contribution < 1.29 is 31.4 Å². The molecule has 5 heterocycles. The highest BCUT2D eigenvalue weighted by Crippen LogP contribution is 2.33. The van der Waals surface area contributed by atoms with Gasteiger partial charge in [0.05, 0.1) is 45.3 Å². The number of ether oxygens (including phenoxy) is 3. The van der Waals surface area contributed by atoms with Crippen LogP contribution in [0.5, 0.6) is 5.75 Å². The summed E-state index contributed by atoms with van der Waals surface area (Å²) in [6, 6.07) is 4.89. The van der Waals surface area contributed by atoms with E-state index < -0.39 is 22.3 Å². The fourth-order valence-corrected chi connectivity index (χ4v) is 7.56. The summed E-state index contributed by atoms with van der Waals surface area (Å²) in [5.74, 6) is 0.595. The average molecular weight is 666 g/mol. The van der Waals surface area contributed by atoms with Crippen LogP contribution in [-0.2, 0) is 19.5 Å². The Kier molecular flexibility index (Phi) is 10.1. The van der Waals surface area contributed by atoms with E-state index in [2.05, 4.69) is 14.9 Å². The van der Waals surface area contributed by atoms with E-state index in [1.807, 2.05) is 9.80 Å². The van der Waals surface area contributed by atoms with E-state index >= 15 is 0 Å². The number of rotatable bonds is 11. The van der Waals surface area contributed by atoms with E-state index in [4.69, 9.17) is 24.2 Å². The predicted octanol–water partition coefficient (Wildman–Crippen LogP) is 1.95. The van der Waals surface area contributed by atoms with Gasteiger partial charge in [-0.25, -0.2) is 22.2 Å². The second kappa shape index (κ2) is 14.3. The summed E-state index contributed by atoms with van der Waals surface area (Å²) < 4.78 is 73.8. The molecule has 3 aliphatic rings. The lowest BCUT2D eigenvalue weighted by Crippen LogP contribution is -2.48. The smallest absolute Gasteiger partial charge is 0.296 e. The van der Waals surface area contributed by atoms with Gasteiger partial charge >= 0.3 is 0 Å². The van der Waals surface area contributed by atoms with Gasteiger partial charge in [0.2, 0.25) is 27.9 Å². The van der Waals surface area contributed by atoms with Crippen molar-refractivity contribution in [3.05, 3.63) is 24.0 Å². The Morgan fingerprint density at radius 3 is 2.13 bits per heavy atom. The number of para-hydroxylation sites is 1. The van der Waals surface area contributed by atoms with Crippen molar-refractivity contribution in [2.45, 2.75) is 31.7 Å². The molecule has 252 valence electrons. The molecule has 0 bridgehead atoms. The Morgan fingerprint density at radius 1 is 0.913 bits per heavy atom. The number of benzene rings is 1. The third kappa shape index (κ3) is 7.17. The molecule has 3 fully saturated rings. The summed E-state index contributed by atoms with van der Waals surface area (Å²) in [6.45, 7) is 7.44. The lowest BCUT2D eigenvalue weighted by Gasteiger charge is -2.38. The normalized spacial score (nSPS) is 19.1. The van der Waals surface area contributed by atoms with Gasteiger partial charge in [-0.15, -0.1) is 0 Å². The number of alkyl halides is 2. The number of sulfonamides is 1. The first-order chi connectivity index (χ1) is 22.2. The molecule has 6 rings (SSSR count). The molecule has 1 aromatic carbocycles. The maximum atomic E-state index is 14.4. The molecule has 0 atom stereocenters. The molecule has 3 aliphatic heterocycles. The van der Waals surface area contributed by atoms with Gasteiger partial charge in [0.25, 0.3) is 6.43 Å². The lowest BCUT2D eigenvalue weighted by atomic mass is 10.1. The van der Waals surface area contributed by atoms with E-state index in [-0.39, 0.29) is 17.5 Å². The van der Waals surface area contributed by atoms with Crippen LogP contribution in [0.4, 0.5) is 20.7 Å². The van der Waals surface area contributed by atoms with Crippen molar-refractivity contribution in [1.29, 1.82) is 0 Å². The molecule has 3 saturated heterocycles. The van der Waals surface area contributed by atoms with Crippen molar-refractivity contribution in [2.24, 2.45) is 0 Å². The van der Waals surface area contributed by atoms with Gasteiger partial charge in [-0.2, -0.15) is 19.3 Å². The van der Waals surface area contributed by atoms with Crippen LogP contribution in [0.1, 0.15) is 31.5 Å². The molecule has 0 unspecified atom stereocenters. The molecule has 14 nitrogen and oxygen atoms in total. The Bertz CT molecular complexity index is 1590. The zero-order valence-corrected chi connectivity index (χ0v) is 27.0. The Hall–Kier alpha value is -3.25. The van der Waals surface area contributed by atoms with E-state index in [1.165, 1.54) is 17.9 Å². The van der Waals surface area contributed by atoms with Crippen molar-refractivity contribution in [1.82, 2.24) is 33.7 Å². The topological polar surface area (TPSA) is 131 Å². The number of methoxy groups -OCH3 is 1. The van der Waals surface area contributed by atoms with Crippen molar-refractivity contribution in [3.63, 3.8) is 0 Å². The van der Waals surface area contributed by atoms with Gasteiger partial charge in [0, 0.05) is 51.9 Å². The van der Waals surface area contributed by atoms with Crippen LogP contribution in [0.25, 0.3) is 17.0 Å². The van der Waals surface area contributed by atoms with Gasteiger partial charge in [-0.1, -0.05) is 6.07 Å². The first kappa shape index (κ1) is 32.7. The summed E-state index contributed by atoms with van der Waals surface area (Å²) >= 11 is 0. The summed E-state index contributed by atoms with van der Waals surface area (Å²) in [7, 11) is -1.96. The van der Waals surface area contributed by atoms with Crippen LogP contribution in [0.3, 0.4) is 0 Å². The standard InChI is InChI=1S/C29H41F2N9O5S/c1-43-23-6-3-5-22-24(23)32-26(25(30)31)40(22)29-34-27(33-28(35-29)38-15-19-45-20-16-38)37-11-7-21(8-12-37)39(46(2,41)42)10-4-9-36-13-17-44-18-14-36/h3,5-6,21,25H,4,7-20H2,1-2H3. The van der Waals surface area contributed by atoms with Crippen LogP contribution in [0.2, 0.25) is 0 Å². The second-order valence-corrected chi connectivity index (χ2v) is 13.6. The summed E-state index contributed by atoms with van der Waals surface area (Å²) in [5.41, 5.74) is 0.671. The fourth-order valence-electron chi connectivity index (χ4n) is 6.35. The largest absolute Gasteiger partial charge is 0.494 e. The Labute approximate surface area is 267 Å². The molecule has 17 heteroatoms.